The molecule has 0 aliphatic rings. The van der Waals surface area contributed by atoms with Crippen LogP contribution in [-0.2, 0) is 11.2 Å². The number of aryl methyl sites for hydroxylation is 1. The largest absolute Gasteiger partial charge is 0.500 e. The van der Waals surface area contributed by atoms with Gasteiger partial charge in [-0.25, -0.2) is 0 Å². The van der Waals surface area contributed by atoms with E-state index < -0.39 is 0 Å². The van der Waals surface area contributed by atoms with Crippen LogP contribution in [0.4, 0.5) is 0 Å². The second-order valence-corrected chi connectivity index (χ2v) is 5.40. The Morgan fingerprint density at radius 3 is 2.36 bits per heavy atom. The lowest BCUT2D eigenvalue weighted by molar-refractivity contribution is 0.278. The molecule has 0 spiro atoms. The Balaban J connectivity index is 2.10. The van der Waals surface area contributed by atoms with Crippen LogP contribution >= 0.6 is 11.6 Å². The normalized spacial score (nSPS) is 11.5. The number of hydrogen-bond donors (Lipinski definition) is 0. The molecule has 0 N–H and O–H groups in total. The van der Waals surface area contributed by atoms with Crippen molar-refractivity contribution in [3.63, 3.8) is 0 Å². The molecule has 0 amide bonds. The lowest BCUT2D eigenvalue weighted by Crippen LogP contribution is -1.96. The van der Waals surface area contributed by atoms with Crippen LogP contribution in [0.2, 0.25) is 5.02 Å². The first-order valence-electron chi connectivity index (χ1n) is 7.21. The van der Waals surface area contributed by atoms with Crippen LogP contribution in [0.5, 0.6) is 0 Å². The molecular formula is C19H18ClNO. The van der Waals surface area contributed by atoms with Gasteiger partial charge >= 0.3 is 0 Å². The molecule has 0 bridgehead atoms. The van der Waals surface area contributed by atoms with Crippen LogP contribution in [0, 0.1) is 11.3 Å². The summed E-state index contributed by atoms with van der Waals surface area (Å²) in [5.74, 6) is 0.723. The molecule has 0 atom stereocenters. The molecule has 0 aliphatic carbocycles. The summed E-state index contributed by atoms with van der Waals surface area (Å²) >= 11 is 5.89. The van der Waals surface area contributed by atoms with Crippen LogP contribution in [0.1, 0.15) is 24.0 Å². The number of rotatable bonds is 6. The molecule has 0 heterocycles. The van der Waals surface area contributed by atoms with E-state index in [4.69, 9.17) is 16.3 Å². The Kier molecular flexibility index (Phi) is 6.06. The molecule has 0 saturated heterocycles. The Morgan fingerprint density at radius 1 is 1.09 bits per heavy atom. The molecule has 0 aromatic heterocycles. The Morgan fingerprint density at radius 2 is 1.77 bits per heavy atom. The molecule has 0 aliphatic heterocycles. The predicted molar refractivity (Wildman–Crippen MR) is 90.4 cm³/mol. The van der Waals surface area contributed by atoms with E-state index in [0.717, 1.165) is 30.6 Å². The SMILES string of the molecule is CO/C(CCCc1ccccc1)=C(/C#N)c1ccc(Cl)cc1. The van der Waals surface area contributed by atoms with Gasteiger partial charge in [0, 0.05) is 11.4 Å². The van der Waals surface area contributed by atoms with Gasteiger partial charge in [0.2, 0.25) is 0 Å². The molecular weight excluding hydrogens is 294 g/mol. The summed E-state index contributed by atoms with van der Waals surface area (Å²) in [5, 5.41) is 10.1. The molecule has 2 aromatic rings. The second-order valence-electron chi connectivity index (χ2n) is 4.96. The van der Waals surface area contributed by atoms with Gasteiger partial charge in [0.05, 0.1) is 12.7 Å². The zero-order chi connectivity index (χ0) is 15.8. The van der Waals surface area contributed by atoms with Crippen molar-refractivity contribution < 1.29 is 4.74 Å². The van der Waals surface area contributed by atoms with Gasteiger partial charge in [-0.15, -0.1) is 0 Å². The van der Waals surface area contributed by atoms with Crippen molar-refractivity contribution in [2.45, 2.75) is 19.3 Å². The predicted octanol–water partition coefficient (Wildman–Crippen LogP) is 5.24. The fraction of sp³-hybridized carbons (Fsp3) is 0.211. The standard InChI is InChI=1S/C19H18ClNO/c1-22-19(9-5-8-15-6-3-2-4-7-15)18(14-21)16-10-12-17(20)13-11-16/h2-4,6-7,10-13H,5,8-9H2,1H3/b19-18-. The molecule has 0 unspecified atom stereocenters. The van der Waals surface area contributed by atoms with E-state index in [1.807, 2.05) is 30.3 Å². The maximum absolute atomic E-state index is 9.45. The average Bonchev–Trinajstić information content (AvgIpc) is 2.56. The number of hydrogen-bond acceptors (Lipinski definition) is 2. The van der Waals surface area contributed by atoms with Crippen molar-refractivity contribution >= 4 is 17.2 Å². The van der Waals surface area contributed by atoms with E-state index in [1.54, 1.807) is 19.2 Å². The Bertz CT molecular complexity index is 669. The summed E-state index contributed by atoms with van der Waals surface area (Å²) in [5.41, 5.74) is 2.71. The molecule has 3 heteroatoms. The van der Waals surface area contributed by atoms with Gasteiger partial charge in [0.1, 0.15) is 11.8 Å². The van der Waals surface area contributed by atoms with Crippen LogP contribution in [0.15, 0.2) is 60.4 Å². The fourth-order valence-corrected chi connectivity index (χ4v) is 2.46. The van der Waals surface area contributed by atoms with E-state index in [2.05, 4.69) is 18.2 Å². The van der Waals surface area contributed by atoms with Crippen molar-refractivity contribution in [3.8, 4) is 6.07 Å². The van der Waals surface area contributed by atoms with Gasteiger partial charge in [-0.05, 0) is 36.1 Å². The quantitative estimate of drug-likeness (QED) is 0.539. The van der Waals surface area contributed by atoms with E-state index in [1.165, 1.54) is 5.56 Å². The molecule has 2 aromatic carbocycles. The highest BCUT2D eigenvalue weighted by atomic mass is 35.5. The number of halogens is 1. The number of nitrogens with zero attached hydrogens (tertiary/aromatic N) is 1. The monoisotopic (exact) mass is 311 g/mol. The van der Waals surface area contributed by atoms with Gasteiger partial charge in [-0.1, -0.05) is 54.1 Å². The Labute approximate surface area is 136 Å². The molecule has 2 nitrogen and oxygen atoms in total. The topological polar surface area (TPSA) is 33.0 Å². The highest BCUT2D eigenvalue weighted by molar-refractivity contribution is 6.30. The van der Waals surface area contributed by atoms with Gasteiger partial charge < -0.3 is 4.74 Å². The van der Waals surface area contributed by atoms with Crippen molar-refractivity contribution in [3.05, 3.63) is 76.5 Å². The molecule has 22 heavy (non-hydrogen) atoms. The minimum Gasteiger partial charge on any atom is -0.500 e. The van der Waals surface area contributed by atoms with Crippen molar-refractivity contribution in [1.29, 1.82) is 5.26 Å². The van der Waals surface area contributed by atoms with Gasteiger partial charge in [0.25, 0.3) is 0 Å². The number of methoxy groups -OCH3 is 1. The molecule has 0 saturated carbocycles. The van der Waals surface area contributed by atoms with Gasteiger partial charge in [-0.2, -0.15) is 5.26 Å². The summed E-state index contributed by atoms with van der Waals surface area (Å²) in [7, 11) is 1.62. The lowest BCUT2D eigenvalue weighted by atomic mass is 10.0. The van der Waals surface area contributed by atoms with Crippen LogP contribution in [0.25, 0.3) is 5.57 Å². The van der Waals surface area contributed by atoms with E-state index in [0.29, 0.717) is 10.6 Å². The number of benzene rings is 2. The third kappa shape index (κ3) is 4.38. The minimum atomic E-state index is 0.576. The summed E-state index contributed by atoms with van der Waals surface area (Å²) in [6.45, 7) is 0. The second kappa shape index (κ2) is 8.26. The van der Waals surface area contributed by atoms with Gasteiger partial charge in [0.15, 0.2) is 0 Å². The lowest BCUT2D eigenvalue weighted by Gasteiger charge is -2.10. The summed E-state index contributed by atoms with van der Waals surface area (Å²) in [6.07, 6.45) is 2.63. The fourth-order valence-electron chi connectivity index (χ4n) is 2.33. The third-order valence-electron chi connectivity index (χ3n) is 3.48. The number of nitriles is 1. The van der Waals surface area contributed by atoms with Crippen LogP contribution in [0.3, 0.4) is 0 Å². The first kappa shape index (κ1) is 16.1. The maximum atomic E-state index is 9.45. The van der Waals surface area contributed by atoms with Crippen LogP contribution in [-0.4, -0.2) is 7.11 Å². The minimum absolute atomic E-state index is 0.576. The van der Waals surface area contributed by atoms with Crippen molar-refractivity contribution in [2.75, 3.05) is 7.11 Å². The first-order chi connectivity index (χ1) is 10.7. The molecule has 112 valence electrons. The van der Waals surface area contributed by atoms with E-state index in [9.17, 15) is 5.26 Å². The third-order valence-corrected chi connectivity index (χ3v) is 3.73. The highest BCUT2D eigenvalue weighted by Crippen LogP contribution is 2.24. The van der Waals surface area contributed by atoms with Gasteiger partial charge in [-0.3, -0.25) is 0 Å². The molecule has 0 radical (unpaired) electrons. The smallest absolute Gasteiger partial charge is 0.114 e. The molecule has 0 fully saturated rings. The zero-order valence-corrected chi connectivity index (χ0v) is 13.3. The Hall–Kier alpha value is -2.24. The van der Waals surface area contributed by atoms with E-state index >= 15 is 0 Å². The molecule has 2 rings (SSSR count). The highest BCUT2D eigenvalue weighted by Gasteiger charge is 2.10. The maximum Gasteiger partial charge on any atom is 0.114 e. The number of ether oxygens (including phenoxy) is 1. The van der Waals surface area contributed by atoms with Crippen molar-refractivity contribution in [1.82, 2.24) is 0 Å². The summed E-state index contributed by atoms with van der Waals surface area (Å²) < 4.78 is 5.45. The number of allylic oxidation sites excluding steroid dienone is 2. The first-order valence-corrected chi connectivity index (χ1v) is 7.59. The summed E-state index contributed by atoms with van der Waals surface area (Å²) in [6, 6.07) is 19.8. The zero-order valence-electron chi connectivity index (χ0n) is 12.6. The van der Waals surface area contributed by atoms with E-state index in [-0.39, 0.29) is 0 Å². The van der Waals surface area contributed by atoms with Crippen LogP contribution < -0.4 is 0 Å². The summed E-state index contributed by atoms with van der Waals surface area (Å²) in [4.78, 5) is 0. The van der Waals surface area contributed by atoms with Crippen molar-refractivity contribution in [2.24, 2.45) is 0 Å². The average molecular weight is 312 g/mol.